The Balaban J connectivity index is 1.68. The summed E-state index contributed by atoms with van der Waals surface area (Å²) < 4.78 is 11.7. The average Bonchev–Trinajstić information content (AvgIpc) is 3.31. The van der Waals surface area contributed by atoms with Gasteiger partial charge in [0, 0.05) is 24.6 Å². The minimum atomic E-state index is -0.785. The van der Waals surface area contributed by atoms with Crippen molar-refractivity contribution in [3.05, 3.63) is 54.1 Å². The second-order valence-electron chi connectivity index (χ2n) is 9.07. The summed E-state index contributed by atoms with van der Waals surface area (Å²) in [7, 11) is 1.69. The highest BCUT2D eigenvalue weighted by atomic mass is 16.5. The fourth-order valence-corrected chi connectivity index (χ4v) is 4.75. The number of carbonyl (C=O) groups excluding carboxylic acids is 1. The van der Waals surface area contributed by atoms with Crippen molar-refractivity contribution >= 4 is 5.91 Å². The van der Waals surface area contributed by atoms with E-state index in [0.29, 0.717) is 13.0 Å². The topological polar surface area (TPSA) is 50.8 Å². The molecule has 1 aliphatic rings. The third-order valence-corrected chi connectivity index (χ3v) is 6.74. The zero-order valence-corrected chi connectivity index (χ0v) is 20.7. The highest BCUT2D eigenvalue weighted by Crippen LogP contribution is 2.34. The number of hydrogen-bond donors (Lipinski definition) is 1. The van der Waals surface area contributed by atoms with Gasteiger partial charge in [-0.2, -0.15) is 0 Å². The van der Waals surface area contributed by atoms with Crippen molar-refractivity contribution in [1.82, 2.24) is 10.2 Å². The van der Waals surface area contributed by atoms with Gasteiger partial charge in [0.25, 0.3) is 5.91 Å². The highest BCUT2D eigenvalue weighted by Gasteiger charge is 2.43. The van der Waals surface area contributed by atoms with Crippen molar-refractivity contribution in [1.29, 1.82) is 0 Å². The van der Waals surface area contributed by atoms with Crippen LogP contribution in [0.5, 0.6) is 5.75 Å². The number of methoxy groups -OCH3 is 1. The van der Waals surface area contributed by atoms with Gasteiger partial charge in [-0.05, 0) is 69.4 Å². The van der Waals surface area contributed by atoms with Gasteiger partial charge in [0.1, 0.15) is 5.75 Å². The molecule has 0 unspecified atom stereocenters. The molecule has 0 saturated carbocycles. The molecule has 3 rings (SSSR count). The third-order valence-electron chi connectivity index (χ3n) is 6.74. The second-order valence-corrected chi connectivity index (χ2v) is 9.07. The molecule has 0 radical (unpaired) electrons. The number of carbonyl (C=O) groups is 1. The lowest BCUT2D eigenvalue weighted by molar-refractivity contribution is -0.142. The molecule has 2 aromatic carbocycles. The molecule has 2 atom stereocenters. The van der Waals surface area contributed by atoms with Gasteiger partial charge in [0.2, 0.25) is 0 Å². The fraction of sp³-hybridized carbons (Fsp3) is 0.536. The summed E-state index contributed by atoms with van der Waals surface area (Å²) in [6, 6.07) is 16.5. The molecule has 1 amide bonds. The van der Waals surface area contributed by atoms with Crippen LogP contribution in [0.25, 0.3) is 11.1 Å². The first-order valence-electron chi connectivity index (χ1n) is 12.4. The highest BCUT2D eigenvalue weighted by molar-refractivity contribution is 5.86. The molecule has 180 valence electrons. The maximum absolute atomic E-state index is 13.4. The summed E-state index contributed by atoms with van der Waals surface area (Å²) in [5, 5.41) is 3.25. The van der Waals surface area contributed by atoms with Crippen molar-refractivity contribution < 1.29 is 14.3 Å². The van der Waals surface area contributed by atoms with Gasteiger partial charge in [0.05, 0.1) is 7.11 Å². The molecule has 1 fully saturated rings. The molecule has 1 saturated heterocycles. The maximum atomic E-state index is 13.4. The first-order chi connectivity index (χ1) is 16.0. The van der Waals surface area contributed by atoms with Crippen molar-refractivity contribution in [2.45, 2.75) is 64.5 Å². The molecule has 1 N–H and O–H groups in total. The van der Waals surface area contributed by atoms with Gasteiger partial charge in [-0.15, -0.1) is 0 Å². The predicted octanol–water partition coefficient (Wildman–Crippen LogP) is 5.08. The van der Waals surface area contributed by atoms with E-state index in [1.54, 1.807) is 7.11 Å². The summed E-state index contributed by atoms with van der Waals surface area (Å²) >= 11 is 0. The molecule has 5 nitrogen and oxygen atoms in total. The Labute approximate surface area is 199 Å². The van der Waals surface area contributed by atoms with Crippen molar-refractivity contribution in [2.75, 3.05) is 33.4 Å². The minimum Gasteiger partial charge on any atom is -0.496 e. The molecule has 0 bridgehead atoms. The number of amides is 1. The summed E-state index contributed by atoms with van der Waals surface area (Å²) in [4.78, 5) is 15.8. The number of para-hydroxylation sites is 1. The second kappa shape index (κ2) is 12.2. The lowest BCUT2D eigenvalue weighted by Gasteiger charge is -2.29. The van der Waals surface area contributed by atoms with E-state index in [1.165, 1.54) is 0 Å². The van der Waals surface area contributed by atoms with Crippen LogP contribution in [0.4, 0.5) is 0 Å². The zero-order chi connectivity index (χ0) is 23.7. The van der Waals surface area contributed by atoms with Gasteiger partial charge < -0.3 is 19.7 Å². The van der Waals surface area contributed by atoms with E-state index in [-0.39, 0.29) is 11.9 Å². The SMILES string of the molecule is CCN(CC)CCC[C@H](C)NC(=O)[C@@]1(Cc2cccc(-c3ccccc3OC)c2)CCCO1. The van der Waals surface area contributed by atoms with E-state index in [0.717, 1.165) is 67.8 Å². The Morgan fingerprint density at radius 3 is 2.67 bits per heavy atom. The number of rotatable bonds is 12. The van der Waals surface area contributed by atoms with Crippen LogP contribution >= 0.6 is 0 Å². The van der Waals surface area contributed by atoms with Crippen LogP contribution in [0.2, 0.25) is 0 Å². The Morgan fingerprint density at radius 1 is 1.18 bits per heavy atom. The summed E-state index contributed by atoms with van der Waals surface area (Å²) in [6.45, 7) is 10.3. The van der Waals surface area contributed by atoms with E-state index in [1.807, 2.05) is 24.3 Å². The molecule has 5 heteroatoms. The van der Waals surface area contributed by atoms with Crippen LogP contribution < -0.4 is 10.1 Å². The quantitative estimate of drug-likeness (QED) is 0.488. The first kappa shape index (κ1) is 25.3. The number of nitrogens with one attached hydrogen (secondary N) is 1. The number of ether oxygens (including phenoxy) is 2. The molecular weight excluding hydrogens is 412 g/mol. The summed E-state index contributed by atoms with van der Waals surface area (Å²) in [5.74, 6) is 0.871. The van der Waals surface area contributed by atoms with Crippen LogP contribution in [0.1, 0.15) is 52.0 Å². The Morgan fingerprint density at radius 2 is 1.97 bits per heavy atom. The Bertz CT molecular complexity index is 888. The van der Waals surface area contributed by atoms with Crippen molar-refractivity contribution in [3.8, 4) is 16.9 Å². The molecule has 1 aliphatic heterocycles. The van der Waals surface area contributed by atoms with Gasteiger partial charge in [0.15, 0.2) is 5.60 Å². The molecule has 0 spiro atoms. The smallest absolute Gasteiger partial charge is 0.252 e. The number of hydrogen-bond acceptors (Lipinski definition) is 4. The van der Waals surface area contributed by atoms with E-state index in [2.05, 4.69) is 55.3 Å². The van der Waals surface area contributed by atoms with Crippen LogP contribution in [0.3, 0.4) is 0 Å². The molecular formula is C28H40N2O3. The largest absolute Gasteiger partial charge is 0.496 e. The molecule has 0 aliphatic carbocycles. The van der Waals surface area contributed by atoms with Gasteiger partial charge >= 0.3 is 0 Å². The zero-order valence-electron chi connectivity index (χ0n) is 20.7. The van der Waals surface area contributed by atoms with E-state index in [9.17, 15) is 4.79 Å². The monoisotopic (exact) mass is 452 g/mol. The minimum absolute atomic E-state index is 0.0260. The number of nitrogens with zero attached hydrogens (tertiary/aromatic N) is 1. The lowest BCUT2D eigenvalue weighted by atomic mass is 9.89. The number of benzene rings is 2. The van der Waals surface area contributed by atoms with Crippen LogP contribution in [-0.4, -0.2) is 55.8 Å². The van der Waals surface area contributed by atoms with Crippen molar-refractivity contribution in [3.63, 3.8) is 0 Å². The van der Waals surface area contributed by atoms with E-state index < -0.39 is 5.60 Å². The lowest BCUT2D eigenvalue weighted by Crippen LogP contribution is -2.50. The van der Waals surface area contributed by atoms with Gasteiger partial charge in [-0.25, -0.2) is 0 Å². The average molecular weight is 453 g/mol. The standard InChI is InChI=1S/C28H40N2O3/c1-5-30(6-2)18-10-12-22(3)29-27(31)28(17-11-19-33-28)21-23-13-9-14-24(20-23)25-15-7-8-16-26(25)32-4/h7-9,13-16,20,22H,5-6,10-12,17-19,21H2,1-4H3,(H,29,31)/t22-,28-/m0/s1. The summed E-state index contributed by atoms with van der Waals surface area (Å²) in [5.41, 5.74) is 2.45. The Kier molecular flexibility index (Phi) is 9.33. The van der Waals surface area contributed by atoms with Crippen LogP contribution in [0.15, 0.2) is 48.5 Å². The molecule has 2 aromatic rings. The van der Waals surface area contributed by atoms with Gasteiger partial charge in [-0.1, -0.05) is 56.3 Å². The third kappa shape index (κ3) is 6.58. The van der Waals surface area contributed by atoms with Gasteiger partial charge in [-0.3, -0.25) is 4.79 Å². The maximum Gasteiger partial charge on any atom is 0.252 e. The molecule has 0 aromatic heterocycles. The first-order valence-corrected chi connectivity index (χ1v) is 12.4. The summed E-state index contributed by atoms with van der Waals surface area (Å²) in [6.07, 6.45) is 4.30. The van der Waals surface area contributed by atoms with Crippen LogP contribution in [0, 0.1) is 0 Å². The molecule has 33 heavy (non-hydrogen) atoms. The fourth-order valence-electron chi connectivity index (χ4n) is 4.75. The Hall–Kier alpha value is -2.37. The molecule has 1 heterocycles. The van der Waals surface area contributed by atoms with Crippen molar-refractivity contribution in [2.24, 2.45) is 0 Å². The van der Waals surface area contributed by atoms with E-state index in [4.69, 9.17) is 9.47 Å². The van der Waals surface area contributed by atoms with Crippen LogP contribution in [-0.2, 0) is 16.0 Å². The van der Waals surface area contributed by atoms with E-state index >= 15 is 0 Å². The normalized spacial score (nSPS) is 18.9. The predicted molar refractivity (Wildman–Crippen MR) is 135 cm³/mol.